The van der Waals surface area contributed by atoms with E-state index in [-0.39, 0.29) is 41.7 Å². The largest absolute Gasteiger partial charge is 0.452 e. The van der Waals surface area contributed by atoms with Gasteiger partial charge in [0.25, 0.3) is 17.7 Å². The zero-order valence-electron chi connectivity index (χ0n) is 18.1. The van der Waals surface area contributed by atoms with Crippen LogP contribution in [-0.4, -0.2) is 65.6 Å². The van der Waals surface area contributed by atoms with Gasteiger partial charge in [0, 0.05) is 13.1 Å². The number of nitrogens with one attached hydrogen (secondary N) is 1. The summed E-state index contributed by atoms with van der Waals surface area (Å²) in [7, 11) is 1.45. The van der Waals surface area contributed by atoms with Crippen molar-refractivity contribution in [3.05, 3.63) is 70.8 Å². The van der Waals surface area contributed by atoms with Gasteiger partial charge in [-0.2, -0.15) is 0 Å². The minimum Gasteiger partial charge on any atom is -0.452 e. The molecule has 1 fully saturated rings. The van der Waals surface area contributed by atoms with E-state index in [9.17, 15) is 24.0 Å². The molecule has 0 saturated heterocycles. The van der Waals surface area contributed by atoms with Gasteiger partial charge >= 0.3 is 5.97 Å². The minimum absolute atomic E-state index is 0.0541. The zero-order valence-corrected chi connectivity index (χ0v) is 18.1. The van der Waals surface area contributed by atoms with E-state index in [1.54, 1.807) is 0 Å². The van der Waals surface area contributed by atoms with Gasteiger partial charge in [-0.05, 0) is 36.6 Å². The van der Waals surface area contributed by atoms with Crippen molar-refractivity contribution in [2.24, 2.45) is 0 Å². The molecule has 1 saturated carbocycles. The summed E-state index contributed by atoms with van der Waals surface area (Å²) < 4.78 is 5.06. The molecule has 2 aromatic carbocycles. The third-order valence-corrected chi connectivity index (χ3v) is 5.47. The normalized spacial score (nSPS) is 14.6. The highest BCUT2D eigenvalue weighted by atomic mass is 16.5. The lowest BCUT2D eigenvalue weighted by molar-refractivity contribution is -0.137. The Morgan fingerprint density at radius 1 is 1.03 bits per heavy atom. The van der Waals surface area contributed by atoms with Crippen molar-refractivity contribution in [2.75, 3.05) is 20.2 Å². The maximum Gasteiger partial charge on any atom is 0.338 e. The van der Waals surface area contributed by atoms with Crippen LogP contribution in [0.2, 0.25) is 0 Å². The molecule has 1 N–H and O–H groups in total. The number of carbonyl (C=O) groups is 5. The van der Waals surface area contributed by atoms with Crippen molar-refractivity contribution in [1.29, 1.82) is 0 Å². The molecular formula is C24H23N3O6. The van der Waals surface area contributed by atoms with Crippen LogP contribution in [0.1, 0.15) is 49.5 Å². The number of nitrogens with zero attached hydrogens (tertiary/aromatic N) is 2. The molecular weight excluding hydrogens is 426 g/mol. The van der Waals surface area contributed by atoms with Gasteiger partial charge in [0.1, 0.15) is 0 Å². The summed E-state index contributed by atoms with van der Waals surface area (Å²) in [6.45, 7) is -0.544. The lowest BCUT2D eigenvalue weighted by Gasteiger charge is -2.16. The number of fused-ring (bicyclic) bond motifs is 1. The number of carbonyl (C=O) groups excluding carboxylic acids is 5. The predicted molar refractivity (Wildman–Crippen MR) is 116 cm³/mol. The molecule has 4 rings (SSSR count). The molecule has 0 aromatic heterocycles. The van der Waals surface area contributed by atoms with Gasteiger partial charge in [-0.3, -0.25) is 24.1 Å². The molecule has 170 valence electrons. The first-order chi connectivity index (χ1) is 15.8. The highest BCUT2D eigenvalue weighted by molar-refractivity contribution is 6.21. The lowest BCUT2D eigenvalue weighted by atomic mass is 10.1. The smallest absolute Gasteiger partial charge is 0.338 e. The van der Waals surface area contributed by atoms with Crippen molar-refractivity contribution < 1.29 is 28.7 Å². The molecule has 9 nitrogen and oxygen atoms in total. The summed E-state index contributed by atoms with van der Waals surface area (Å²) in [6, 6.07) is 13.4. The summed E-state index contributed by atoms with van der Waals surface area (Å²) >= 11 is 0. The zero-order chi connectivity index (χ0) is 23.5. The van der Waals surface area contributed by atoms with Crippen molar-refractivity contribution in [3.8, 4) is 0 Å². The molecule has 0 spiro atoms. The Kier molecular flexibility index (Phi) is 6.21. The SMILES string of the molecule is CN(CC(=O)NC1CC1)C(=O)COC(=O)c1ccc2c(c1)C(=O)N(Cc1ccccc1)C2=O. The number of esters is 1. The lowest BCUT2D eigenvalue weighted by Crippen LogP contribution is -2.40. The molecule has 33 heavy (non-hydrogen) atoms. The quantitative estimate of drug-likeness (QED) is 0.481. The van der Waals surface area contributed by atoms with E-state index in [4.69, 9.17) is 4.74 Å². The second-order valence-corrected chi connectivity index (χ2v) is 8.11. The molecule has 0 bridgehead atoms. The Morgan fingerprint density at radius 3 is 2.42 bits per heavy atom. The maximum absolute atomic E-state index is 12.8. The van der Waals surface area contributed by atoms with E-state index in [1.165, 1.54) is 30.1 Å². The number of ether oxygens (including phenoxy) is 1. The molecule has 1 aliphatic heterocycles. The third-order valence-electron chi connectivity index (χ3n) is 5.47. The monoisotopic (exact) mass is 449 g/mol. The first kappa shape index (κ1) is 22.2. The Hall–Kier alpha value is -4.01. The highest BCUT2D eigenvalue weighted by Gasteiger charge is 2.36. The van der Waals surface area contributed by atoms with Crippen LogP contribution in [0.3, 0.4) is 0 Å². The van der Waals surface area contributed by atoms with Crippen LogP contribution in [0.25, 0.3) is 0 Å². The number of likely N-dealkylation sites (N-methyl/N-ethyl adjacent to an activating group) is 1. The van der Waals surface area contributed by atoms with Crippen LogP contribution < -0.4 is 5.32 Å². The number of hydrogen-bond acceptors (Lipinski definition) is 6. The average molecular weight is 449 g/mol. The Morgan fingerprint density at radius 2 is 1.73 bits per heavy atom. The van der Waals surface area contributed by atoms with Crippen LogP contribution in [0.4, 0.5) is 0 Å². The number of benzene rings is 2. The van der Waals surface area contributed by atoms with E-state index >= 15 is 0 Å². The second-order valence-electron chi connectivity index (χ2n) is 8.11. The second kappa shape index (κ2) is 9.23. The molecule has 1 aliphatic carbocycles. The summed E-state index contributed by atoms with van der Waals surface area (Å²) in [5, 5.41) is 2.78. The van der Waals surface area contributed by atoms with Gasteiger partial charge in [0.05, 0.1) is 29.8 Å². The van der Waals surface area contributed by atoms with Crippen molar-refractivity contribution in [2.45, 2.75) is 25.4 Å². The average Bonchev–Trinajstić information content (AvgIpc) is 3.60. The van der Waals surface area contributed by atoms with Gasteiger partial charge in [0.15, 0.2) is 6.61 Å². The molecule has 0 radical (unpaired) electrons. The standard InChI is InChI=1S/C24H23N3O6/c1-26(13-20(28)25-17-8-9-17)21(29)14-33-24(32)16-7-10-18-19(11-16)23(31)27(22(18)30)12-15-5-3-2-4-6-15/h2-7,10-11,17H,8-9,12-14H2,1H3,(H,25,28). The summed E-state index contributed by atoms with van der Waals surface area (Å²) in [4.78, 5) is 64.1. The molecule has 1 heterocycles. The van der Waals surface area contributed by atoms with Crippen molar-refractivity contribution >= 4 is 29.6 Å². The number of imide groups is 1. The fourth-order valence-electron chi connectivity index (χ4n) is 3.45. The molecule has 9 heteroatoms. The maximum atomic E-state index is 12.8. The fourth-order valence-corrected chi connectivity index (χ4v) is 3.45. The van der Waals surface area contributed by atoms with Crippen molar-refractivity contribution in [1.82, 2.24) is 15.1 Å². The van der Waals surface area contributed by atoms with Gasteiger partial charge in [-0.15, -0.1) is 0 Å². The molecule has 4 amide bonds. The van der Waals surface area contributed by atoms with E-state index < -0.39 is 30.3 Å². The van der Waals surface area contributed by atoms with E-state index in [0.717, 1.165) is 23.3 Å². The third kappa shape index (κ3) is 5.08. The summed E-state index contributed by atoms with van der Waals surface area (Å²) in [5.41, 5.74) is 1.19. The number of amides is 4. The van der Waals surface area contributed by atoms with Crippen LogP contribution >= 0.6 is 0 Å². The summed E-state index contributed by atoms with van der Waals surface area (Å²) in [6.07, 6.45) is 1.89. The predicted octanol–water partition coefficient (Wildman–Crippen LogP) is 1.38. The highest BCUT2D eigenvalue weighted by Crippen LogP contribution is 2.26. The van der Waals surface area contributed by atoms with Gasteiger partial charge in [-0.1, -0.05) is 30.3 Å². The van der Waals surface area contributed by atoms with Crippen LogP contribution in [0.15, 0.2) is 48.5 Å². The molecule has 2 aromatic rings. The van der Waals surface area contributed by atoms with E-state index in [2.05, 4.69) is 5.32 Å². The van der Waals surface area contributed by atoms with Gasteiger partial charge in [-0.25, -0.2) is 4.79 Å². The van der Waals surface area contributed by atoms with E-state index in [0.29, 0.717) is 0 Å². The van der Waals surface area contributed by atoms with Crippen LogP contribution in [0, 0.1) is 0 Å². The van der Waals surface area contributed by atoms with Gasteiger partial charge < -0.3 is 15.0 Å². The fraction of sp³-hybridized carbons (Fsp3) is 0.292. The van der Waals surface area contributed by atoms with Gasteiger partial charge in [0.2, 0.25) is 5.91 Å². The topological polar surface area (TPSA) is 113 Å². The molecule has 0 atom stereocenters. The minimum atomic E-state index is -0.802. The Labute approximate surface area is 190 Å². The summed E-state index contributed by atoms with van der Waals surface area (Å²) in [5.74, 6) is -2.52. The van der Waals surface area contributed by atoms with Crippen molar-refractivity contribution in [3.63, 3.8) is 0 Å². The molecule has 2 aliphatic rings. The van der Waals surface area contributed by atoms with Crippen LogP contribution in [0.5, 0.6) is 0 Å². The van der Waals surface area contributed by atoms with Crippen LogP contribution in [-0.2, 0) is 20.9 Å². The number of hydrogen-bond donors (Lipinski definition) is 1. The Balaban J connectivity index is 1.35. The number of rotatable bonds is 8. The van der Waals surface area contributed by atoms with E-state index in [1.807, 2.05) is 30.3 Å². The first-order valence-corrected chi connectivity index (χ1v) is 10.6. The molecule has 0 unspecified atom stereocenters. The first-order valence-electron chi connectivity index (χ1n) is 10.6. The Bertz CT molecular complexity index is 1130.